The number of carbonyl (C=O) groups is 1. The van der Waals surface area contributed by atoms with Gasteiger partial charge >= 0.3 is 6.03 Å². The lowest BCUT2D eigenvalue weighted by atomic mass is 10.2. The van der Waals surface area contributed by atoms with Crippen LogP contribution in [0.3, 0.4) is 0 Å². The molecule has 1 saturated heterocycles. The number of halogens is 2. The maximum atomic E-state index is 12.2. The molecule has 7 heteroatoms. The number of benzene rings is 2. The van der Waals surface area contributed by atoms with Crippen molar-refractivity contribution >= 4 is 46.3 Å². The van der Waals surface area contributed by atoms with E-state index in [1.54, 1.807) is 30.3 Å². The second kappa shape index (κ2) is 7.75. The van der Waals surface area contributed by atoms with E-state index >= 15 is 0 Å². The molecule has 1 aliphatic rings. The summed E-state index contributed by atoms with van der Waals surface area (Å²) in [6.07, 6.45) is 0. The van der Waals surface area contributed by atoms with Crippen LogP contribution in [0.2, 0.25) is 10.0 Å². The molecular weight excluding hydrogens is 349 g/mol. The van der Waals surface area contributed by atoms with E-state index in [0.717, 1.165) is 18.8 Å². The number of urea groups is 1. The lowest BCUT2D eigenvalue weighted by Gasteiger charge is -2.29. The second-order valence-electron chi connectivity index (χ2n) is 5.35. The van der Waals surface area contributed by atoms with Crippen molar-refractivity contribution in [2.24, 2.45) is 0 Å². The van der Waals surface area contributed by atoms with Crippen LogP contribution in [-0.2, 0) is 4.74 Å². The highest BCUT2D eigenvalue weighted by Gasteiger charge is 2.14. The summed E-state index contributed by atoms with van der Waals surface area (Å²) in [7, 11) is 0. The minimum Gasteiger partial charge on any atom is -0.378 e. The third-order valence-corrected chi connectivity index (χ3v) is 4.22. The fourth-order valence-electron chi connectivity index (χ4n) is 2.48. The molecule has 0 atom stereocenters. The van der Waals surface area contributed by atoms with Crippen LogP contribution in [-0.4, -0.2) is 32.3 Å². The zero-order valence-corrected chi connectivity index (χ0v) is 14.4. The van der Waals surface area contributed by atoms with Crippen LogP contribution in [0.15, 0.2) is 42.5 Å². The maximum absolute atomic E-state index is 12.2. The highest BCUT2D eigenvalue weighted by Crippen LogP contribution is 2.28. The molecule has 1 heterocycles. The largest absolute Gasteiger partial charge is 0.378 e. The molecule has 1 aliphatic heterocycles. The van der Waals surface area contributed by atoms with Gasteiger partial charge in [-0.05, 0) is 36.4 Å². The predicted molar refractivity (Wildman–Crippen MR) is 98.6 cm³/mol. The van der Waals surface area contributed by atoms with Crippen LogP contribution < -0.4 is 15.5 Å². The molecule has 3 rings (SSSR count). The molecule has 5 nitrogen and oxygen atoms in total. The summed E-state index contributed by atoms with van der Waals surface area (Å²) in [6.45, 7) is 3.02. The van der Waals surface area contributed by atoms with Crippen LogP contribution in [0.4, 0.5) is 21.9 Å². The quantitative estimate of drug-likeness (QED) is 0.843. The summed E-state index contributed by atoms with van der Waals surface area (Å²) in [5.74, 6) is 0. The van der Waals surface area contributed by atoms with Crippen molar-refractivity contribution in [2.45, 2.75) is 0 Å². The van der Waals surface area contributed by atoms with E-state index in [9.17, 15) is 4.79 Å². The molecule has 0 spiro atoms. The first kappa shape index (κ1) is 16.9. The molecule has 0 unspecified atom stereocenters. The van der Waals surface area contributed by atoms with Gasteiger partial charge in [-0.2, -0.15) is 0 Å². The minimum atomic E-state index is -0.377. The molecule has 126 valence electrons. The Bertz CT molecular complexity index is 734. The Hall–Kier alpha value is -1.95. The van der Waals surface area contributed by atoms with Gasteiger partial charge in [0, 0.05) is 29.5 Å². The van der Waals surface area contributed by atoms with Gasteiger partial charge in [0.15, 0.2) is 0 Å². The Balaban J connectivity index is 1.70. The smallest absolute Gasteiger partial charge is 0.323 e. The van der Waals surface area contributed by atoms with Gasteiger partial charge in [-0.15, -0.1) is 0 Å². The normalized spacial score (nSPS) is 14.3. The van der Waals surface area contributed by atoms with Crippen molar-refractivity contribution in [3.05, 3.63) is 52.5 Å². The van der Waals surface area contributed by atoms with E-state index in [4.69, 9.17) is 27.9 Å². The van der Waals surface area contributed by atoms with Crippen molar-refractivity contribution < 1.29 is 9.53 Å². The first-order chi connectivity index (χ1) is 11.6. The topological polar surface area (TPSA) is 53.6 Å². The van der Waals surface area contributed by atoms with Crippen LogP contribution in [0.25, 0.3) is 0 Å². The van der Waals surface area contributed by atoms with Crippen molar-refractivity contribution in [3.8, 4) is 0 Å². The maximum Gasteiger partial charge on any atom is 0.323 e. The number of hydrogen-bond donors (Lipinski definition) is 2. The highest BCUT2D eigenvalue weighted by molar-refractivity contribution is 6.34. The Morgan fingerprint density at radius 1 is 1.04 bits per heavy atom. The summed E-state index contributed by atoms with van der Waals surface area (Å²) in [5.41, 5.74) is 2.17. The van der Waals surface area contributed by atoms with Crippen molar-refractivity contribution in [3.63, 3.8) is 0 Å². The zero-order valence-electron chi connectivity index (χ0n) is 12.9. The van der Waals surface area contributed by atoms with E-state index in [1.165, 1.54) is 0 Å². The Kier molecular flexibility index (Phi) is 5.45. The third-order valence-electron chi connectivity index (χ3n) is 3.66. The molecule has 1 fully saturated rings. The molecule has 2 N–H and O–H groups in total. The van der Waals surface area contributed by atoms with Gasteiger partial charge in [0.2, 0.25) is 0 Å². The van der Waals surface area contributed by atoms with Crippen molar-refractivity contribution in [2.75, 3.05) is 41.8 Å². The van der Waals surface area contributed by atoms with Gasteiger partial charge in [0.05, 0.1) is 23.9 Å². The Morgan fingerprint density at radius 2 is 1.83 bits per heavy atom. The van der Waals surface area contributed by atoms with E-state index in [1.807, 2.05) is 12.1 Å². The molecule has 0 radical (unpaired) electrons. The first-order valence-corrected chi connectivity index (χ1v) is 8.33. The van der Waals surface area contributed by atoms with Gasteiger partial charge in [0.1, 0.15) is 0 Å². The number of nitrogens with zero attached hydrogens (tertiary/aromatic N) is 1. The standard InChI is InChI=1S/C17H17Cl2N3O2/c18-12-2-1-3-13(10-12)20-17(23)21-16-11-14(4-5-15(16)19)22-6-8-24-9-7-22/h1-5,10-11H,6-9H2,(H2,20,21,23). The van der Waals surface area contributed by atoms with E-state index in [0.29, 0.717) is 34.6 Å². The number of morpholine rings is 1. The molecule has 0 bridgehead atoms. The highest BCUT2D eigenvalue weighted by atomic mass is 35.5. The lowest BCUT2D eigenvalue weighted by Crippen LogP contribution is -2.36. The summed E-state index contributed by atoms with van der Waals surface area (Å²) in [5, 5.41) is 6.54. The molecule has 2 aromatic carbocycles. The van der Waals surface area contributed by atoms with Crippen LogP contribution in [0.1, 0.15) is 0 Å². The van der Waals surface area contributed by atoms with E-state index in [2.05, 4.69) is 15.5 Å². The summed E-state index contributed by atoms with van der Waals surface area (Å²) < 4.78 is 5.36. The molecule has 0 aromatic heterocycles. The van der Waals surface area contributed by atoms with Crippen LogP contribution >= 0.6 is 23.2 Å². The minimum absolute atomic E-state index is 0.377. The van der Waals surface area contributed by atoms with E-state index in [-0.39, 0.29) is 6.03 Å². The lowest BCUT2D eigenvalue weighted by molar-refractivity contribution is 0.122. The number of rotatable bonds is 3. The number of hydrogen-bond acceptors (Lipinski definition) is 3. The average molecular weight is 366 g/mol. The fraction of sp³-hybridized carbons (Fsp3) is 0.235. The predicted octanol–water partition coefficient (Wildman–Crippen LogP) is 4.47. The molecule has 0 aliphatic carbocycles. The first-order valence-electron chi connectivity index (χ1n) is 7.57. The Labute approximate surface area is 150 Å². The molecule has 2 aromatic rings. The van der Waals surface area contributed by atoms with Gasteiger partial charge in [-0.3, -0.25) is 0 Å². The van der Waals surface area contributed by atoms with Gasteiger partial charge in [-0.25, -0.2) is 4.79 Å². The van der Waals surface area contributed by atoms with Crippen molar-refractivity contribution in [1.29, 1.82) is 0 Å². The second-order valence-corrected chi connectivity index (χ2v) is 6.20. The molecule has 0 saturated carbocycles. The fourth-order valence-corrected chi connectivity index (χ4v) is 2.83. The molecule has 2 amide bonds. The summed E-state index contributed by atoms with van der Waals surface area (Å²) in [6, 6.07) is 12.2. The van der Waals surface area contributed by atoms with Gasteiger partial charge < -0.3 is 20.3 Å². The molecule has 24 heavy (non-hydrogen) atoms. The monoisotopic (exact) mass is 365 g/mol. The Morgan fingerprint density at radius 3 is 2.58 bits per heavy atom. The zero-order chi connectivity index (χ0) is 16.9. The number of nitrogens with one attached hydrogen (secondary N) is 2. The van der Waals surface area contributed by atoms with Gasteiger partial charge in [0.25, 0.3) is 0 Å². The number of carbonyl (C=O) groups excluding carboxylic acids is 1. The van der Waals surface area contributed by atoms with Crippen LogP contribution in [0, 0.1) is 0 Å². The average Bonchev–Trinajstić information content (AvgIpc) is 2.57. The van der Waals surface area contributed by atoms with Gasteiger partial charge in [-0.1, -0.05) is 29.3 Å². The summed E-state index contributed by atoms with van der Waals surface area (Å²) >= 11 is 12.1. The molecular formula is C17H17Cl2N3O2. The number of anilines is 3. The summed E-state index contributed by atoms with van der Waals surface area (Å²) in [4.78, 5) is 14.4. The number of amides is 2. The van der Waals surface area contributed by atoms with Crippen molar-refractivity contribution in [1.82, 2.24) is 0 Å². The van der Waals surface area contributed by atoms with E-state index < -0.39 is 0 Å². The van der Waals surface area contributed by atoms with Crippen LogP contribution in [0.5, 0.6) is 0 Å². The SMILES string of the molecule is O=C(Nc1cccc(Cl)c1)Nc1cc(N2CCOCC2)ccc1Cl. The third kappa shape index (κ3) is 4.32. The number of ether oxygens (including phenoxy) is 1.